The van der Waals surface area contributed by atoms with E-state index in [0.29, 0.717) is 18.3 Å². The Morgan fingerprint density at radius 3 is 2.16 bits per heavy atom. The molecule has 1 aliphatic heterocycles. The van der Waals surface area contributed by atoms with Crippen molar-refractivity contribution in [2.24, 2.45) is 0 Å². The zero-order valence-corrected chi connectivity index (χ0v) is 21.9. The molecule has 0 radical (unpaired) electrons. The maximum Gasteiger partial charge on any atom is 0.185 e. The van der Waals surface area contributed by atoms with E-state index in [1.807, 2.05) is 0 Å². The highest BCUT2D eigenvalue weighted by atomic mass is 28.3. The normalized spacial score (nSPS) is 15.8. The van der Waals surface area contributed by atoms with Crippen LogP contribution in [-0.4, -0.2) is 13.9 Å². The van der Waals surface area contributed by atoms with E-state index in [2.05, 4.69) is 66.9 Å². The Balaban J connectivity index is 1.99. The summed E-state index contributed by atoms with van der Waals surface area (Å²) < 4.78 is 5.84. The van der Waals surface area contributed by atoms with Crippen LogP contribution in [0.15, 0.2) is 35.1 Å². The molecule has 168 valence electrons. The number of ketones is 1. The highest BCUT2D eigenvalue weighted by Crippen LogP contribution is 2.41. The van der Waals surface area contributed by atoms with Gasteiger partial charge in [0.1, 0.15) is 0 Å². The van der Waals surface area contributed by atoms with Crippen LogP contribution in [0.3, 0.4) is 0 Å². The number of hydrogen-bond acceptors (Lipinski definition) is 2. The zero-order valence-electron chi connectivity index (χ0n) is 20.9. The van der Waals surface area contributed by atoms with Crippen LogP contribution in [0.2, 0.25) is 18.1 Å². The van der Waals surface area contributed by atoms with Gasteiger partial charge in [0, 0.05) is 5.56 Å². The maximum absolute atomic E-state index is 12.9. The fraction of sp³-hybridized carbons (Fsp3) is 0.536. The smallest absolute Gasteiger partial charge is 0.185 e. The van der Waals surface area contributed by atoms with Crippen molar-refractivity contribution in [3.8, 4) is 0 Å². The Morgan fingerprint density at radius 1 is 1.03 bits per heavy atom. The third-order valence-corrected chi connectivity index (χ3v) is 12.8. The molecule has 1 aliphatic carbocycles. The van der Waals surface area contributed by atoms with Crippen molar-refractivity contribution in [3.05, 3.63) is 68.5 Å². The van der Waals surface area contributed by atoms with Gasteiger partial charge in [-0.15, -0.1) is 0 Å². The molecule has 0 atom stereocenters. The molecule has 1 aromatic rings. The number of fused-ring (bicyclic) bond motifs is 3. The number of rotatable bonds is 7. The maximum atomic E-state index is 12.9. The molecule has 0 saturated heterocycles. The molecule has 3 rings (SSSR count). The lowest BCUT2D eigenvalue weighted by Crippen LogP contribution is -2.35. The molecule has 1 heterocycles. The van der Waals surface area contributed by atoms with Gasteiger partial charge in [0.15, 0.2) is 5.78 Å². The van der Waals surface area contributed by atoms with E-state index in [4.69, 9.17) is 4.74 Å². The SMILES string of the molecule is C=CC(=O)c1c2c(c3c(c1CCC(=C(C)C)/C(C)=C/[Si](C)(C)C(C)(C)C)COC3)CC2. The summed E-state index contributed by atoms with van der Waals surface area (Å²) in [6.45, 7) is 23.9. The van der Waals surface area contributed by atoms with Crippen LogP contribution >= 0.6 is 0 Å². The number of benzene rings is 1. The van der Waals surface area contributed by atoms with Crippen molar-refractivity contribution in [1.82, 2.24) is 0 Å². The molecule has 0 N–H and O–H groups in total. The molecule has 0 amide bonds. The van der Waals surface area contributed by atoms with E-state index in [1.165, 1.54) is 50.6 Å². The lowest BCUT2D eigenvalue weighted by Gasteiger charge is -2.35. The second-order valence-electron chi connectivity index (χ2n) is 11.1. The molecular weight excluding hydrogens is 396 g/mol. The van der Waals surface area contributed by atoms with E-state index in [-0.39, 0.29) is 5.78 Å². The average Bonchev–Trinajstić information content (AvgIpc) is 3.08. The summed E-state index contributed by atoms with van der Waals surface area (Å²) in [6.07, 6.45) is 5.42. The summed E-state index contributed by atoms with van der Waals surface area (Å²) in [5.74, 6) is 0.0768. The quantitative estimate of drug-likeness (QED) is 0.192. The van der Waals surface area contributed by atoms with Crippen LogP contribution in [0.1, 0.15) is 86.1 Å². The Morgan fingerprint density at radius 2 is 1.65 bits per heavy atom. The topological polar surface area (TPSA) is 26.3 Å². The largest absolute Gasteiger partial charge is 0.372 e. The van der Waals surface area contributed by atoms with Crippen LogP contribution in [-0.2, 0) is 37.2 Å². The van der Waals surface area contributed by atoms with Crippen molar-refractivity contribution in [2.75, 3.05) is 0 Å². The first-order valence-corrected chi connectivity index (χ1v) is 14.8. The summed E-state index contributed by atoms with van der Waals surface area (Å²) in [6, 6.07) is 0. The van der Waals surface area contributed by atoms with Gasteiger partial charge < -0.3 is 4.74 Å². The number of ether oxygens (including phenoxy) is 1. The fourth-order valence-corrected chi connectivity index (χ4v) is 6.59. The van der Waals surface area contributed by atoms with Crippen molar-refractivity contribution in [1.29, 1.82) is 0 Å². The summed E-state index contributed by atoms with van der Waals surface area (Å²) in [4.78, 5) is 12.9. The fourth-order valence-electron chi connectivity index (χ4n) is 4.90. The monoisotopic (exact) mass is 436 g/mol. The lowest BCUT2D eigenvalue weighted by molar-refractivity contribution is 0.104. The van der Waals surface area contributed by atoms with Gasteiger partial charge in [0.25, 0.3) is 0 Å². The summed E-state index contributed by atoms with van der Waals surface area (Å²) >= 11 is 0. The van der Waals surface area contributed by atoms with Crippen molar-refractivity contribution < 1.29 is 9.53 Å². The van der Waals surface area contributed by atoms with Gasteiger partial charge in [-0.25, -0.2) is 0 Å². The van der Waals surface area contributed by atoms with Gasteiger partial charge in [-0.05, 0) is 91.0 Å². The molecule has 0 unspecified atom stereocenters. The minimum atomic E-state index is -1.53. The van der Waals surface area contributed by atoms with E-state index in [9.17, 15) is 4.79 Å². The molecule has 2 aliphatic rings. The second-order valence-corrected chi connectivity index (χ2v) is 16.3. The number of hydrogen-bond donors (Lipinski definition) is 0. The van der Waals surface area contributed by atoms with Crippen molar-refractivity contribution in [3.63, 3.8) is 0 Å². The highest BCUT2D eigenvalue weighted by Gasteiger charge is 2.34. The molecule has 1 aromatic carbocycles. The lowest BCUT2D eigenvalue weighted by atomic mass is 9.75. The van der Waals surface area contributed by atoms with Crippen LogP contribution in [0.5, 0.6) is 0 Å². The molecule has 3 heteroatoms. The third-order valence-electron chi connectivity index (χ3n) is 7.83. The minimum absolute atomic E-state index is 0.0768. The number of carbonyl (C=O) groups excluding carboxylic acids is 1. The van der Waals surface area contributed by atoms with Gasteiger partial charge in [-0.3, -0.25) is 4.79 Å². The van der Waals surface area contributed by atoms with Crippen LogP contribution in [0.25, 0.3) is 0 Å². The van der Waals surface area contributed by atoms with Gasteiger partial charge in [-0.1, -0.05) is 57.3 Å². The van der Waals surface area contributed by atoms with E-state index >= 15 is 0 Å². The average molecular weight is 437 g/mol. The van der Waals surface area contributed by atoms with Crippen LogP contribution < -0.4 is 0 Å². The summed E-state index contributed by atoms with van der Waals surface area (Å²) in [5.41, 5.74) is 14.2. The molecule has 0 saturated carbocycles. The zero-order chi connectivity index (χ0) is 23.1. The number of allylic oxidation sites excluding steroid dienone is 4. The number of carbonyl (C=O) groups is 1. The molecule has 0 aromatic heterocycles. The molecular formula is C28H40O2Si. The van der Waals surface area contributed by atoms with Gasteiger partial charge in [0.2, 0.25) is 0 Å². The van der Waals surface area contributed by atoms with Crippen LogP contribution in [0.4, 0.5) is 0 Å². The van der Waals surface area contributed by atoms with E-state index < -0.39 is 8.07 Å². The first kappa shape index (κ1) is 23.9. The first-order valence-electron chi connectivity index (χ1n) is 11.7. The van der Waals surface area contributed by atoms with Gasteiger partial charge in [-0.2, -0.15) is 0 Å². The van der Waals surface area contributed by atoms with E-state index in [0.717, 1.165) is 31.2 Å². The van der Waals surface area contributed by atoms with Gasteiger partial charge >= 0.3 is 0 Å². The van der Waals surface area contributed by atoms with Crippen LogP contribution in [0, 0.1) is 0 Å². The molecule has 0 fully saturated rings. The minimum Gasteiger partial charge on any atom is -0.372 e. The molecule has 0 bridgehead atoms. The Kier molecular flexibility index (Phi) is 6.70. The molecule has 0 spiro atoms. The first-order chi connectivity index (χ1) is 14.4. The highest BCUT2D eigenvalue weighted by molar-refractivity contribution is 6.84. The summed E-state index contributed by atoms with van der Waals surface area (Å²) in [5, 5.41) is 0.324. The molecule has 2 nitrogen and oxygen atoms in total. The predicted molar refractivity (Wildman–Crippen MR) is 135 cm³/mol. The second kappa shape index (κ2) is 8.67. The van der Waals surface area contributed by atoms with Crippen molar-refractivity contribution in [2.45, 2.75) is 98.6 Å². The van der Waals surface area contributed by atoms with Gasteiger partial charge in [0.05, 0.1) is 21.3 Å². The van der Waals surface area contributed by atoms with E-state index in [1.54, 1.807) is 0 Å². The Hall–Kier alpha value is -1.71. The standard InChI is InChI=1S/C28H40O2Si/c1-10-26(29)27-22-14-12-21(22)24-15-30-16-25(24)23(27)13-11-20(18(2)3)19(4)17-31(8,9)28(5,6)7/h10,17H,1,11-16H2,2-9H3/b19-17+. The third kappa shape index (κ3) is 4.45. The molecule has 31 heavy (non-hydrogen) atoms. The Labute approximate surface area is 190 Å². The Bertz CT molecular complexity index is 979. The summed E-state index contributed by atoms with van der Waals surface area (Å²) in [7, 11) is -1.53. The predicted octanol–water partition coefficient (Wildman–Crippen LogP) is 7.45. The van der Waals surface area contributed by atoms with Crippen molar-refractivity contribution >= 4 is 13.9 Å².